The molecule has 86 valence electrons. The highest BCUT2D eigenvalue weighted by Gasteiger charge is 2.28. The number of halogens is 1. The van der Waals surface area contributed by atoms with Gasteiger partial charge in [-0.1, -0.05) is 18.2 Å². The summed E-state index contributed by atoms with van der Waals surface area (Å²) in [5.74, 6) is 2.31. The van der Waals surface area contributed by atoms with E-state index in [1.54, 1.807) is 12.1 Å². The van der Waals surface area contributed by atoms with Crippen LogP contribution in [0, 0.1) is 16.0 Å². The van der Waals surface area contributed by atoms with E-state index in [0.29, 0.717) is 12.3 Å². The lowest BCUT2D eigenvalue weighted by Crippen LogP contribution is -2.15. The highest BCUT2D eigenvalue weighted by atomic mass is 35.5. The van der Waals surface area contributed by atoms with Crippen molar-refractivity contribution in [1.82, 2.24) is 0 Å². The van der Waals surface area contributed by atoms with Crippen molar-refractivity contribution in [3.63, 3.8) is 0 Å². The zero-order valence-electron chi connectivity index (χ0n) is 8.64. The van der Waals surface area contributed by atoms with Gasteiger partial charge < -0.3 is 0 Å². The van der Waals surface area contributed by atoms with Gasteiger partial charge in [-0.25, -0.2) is 0 Å². The molecule has 1 aliphatic heterocycles. The Labute approximate surface area is 103 Å². The van der Waals surface area contributed by atoms with Crippen molar-refractivity contribution in [2.75, 3.05) is 11.5 Å². The van der Waals surface area contributed by atoms with Crippen molar-refractivity contribution < 1.29 is 4.92 Å². The molecular weight excluding hydrogens is 246 g/mol. The van der Waals surface area contributed by atoms with Gasteiger partial charge in [-0.15, -0.1) is 11.6 Å². The predicted molar refractivity (Wildman–Crippen MR) is 67.3 cm³/mol. The molecule has 1 fully saturated rings. The van der Waals surface area contributed by atoms with E-state index in [1.165, 1.54) is 0 Å². The number of nitrogens with zero attached hydrogens (tertiary/aromatic N) is 1. The third-order valence-corrected chi connectivity index (χ3v) is 4.74. The molecule has 0 radical (unpaired) electrons. The van der Waals surface area contributed by atoms with Crippen LogP contribution in [0.15, 0.2) is 24.3 Å². The number of hydrogen-bond donors (Lipinski definition) is 0. The molecule has 0 saturated carbocycles. The first-order valence-corrected chi connectivity index (χ1v) is 6.71. The second-order valence-electron chi connectivity index (χ2n) is 3.90. The van der Waals surface area contributed by atoms with Crippen LogP contribution in [-0.4, -0.2) is 21.8 Å². The predicted octanol–water partition coefficient (Wildman–Crippen LogP) is 3.11. The lowest BCUT2D eigenvalue weighted by molar-refractivity contribution is -0.385. The van der Waals surface area contributed by atoms with Gasteiger partial charge in [0.25, 0.3) is 5.69 Å². The molecule has 1 saturated heterocycles. The second-order valence-corrected chi connectivity index (χ2v) is 5.54. The van der Waals surface area contributed by atoms with Crippen LogP contribution in [0.25, 0.3) is 0 Å². The zero-order chi connectivity index (χ0) is 11.5. The zero-order valence-corrected chi connectivity index (χ0v) is 10.2. The molecule has 2 unspecified atom stereocenters. The Morgan fingerprint density at radius 1 is 1.44 bits per heavy atom. The van der Waals surface area contributed by atoms with E-state index < -0.39 is 0 Å². The van der Waals surface area contributed by atoms with E-state index in [9.17, 15) is 10.1 Å². The topological polar surface area (TPSA) is 43.1 Å². The number of alkyl halides is 1. The lowest BCUT2D eigenvalue weighted by atomic mass is 9.97. The maximum absolute atomic E-state index is 10.8. The number of nitro benzene ring substituents is 1. The van der Waals surface area contributed by atoms with Crippen molar-refractivity contribution in [3.8, 4) is 0 Å². The first-order valence-electron chi connectivity index (χ1n) is 5.12. The van der Waals surface area contributed by atoms with Crippen molar-refractivity contribution in [3.05, 3.63) is 39.9 Å². The summed E-state index contributed by atoms with van der Waals surface area (Å²) in [6, 6.07) is 6.92. The minimum Gasteiger partial charge on any atom is -0.258 e. The maximum Gasteiger partial charge on any atom is 0.272 e. The highest BCUT2D eigenvalue weighted by Crippen LogP contribution is 2.33. The van der Waals surface area contributed by atoms with Crippen LogP contribution in [0.2, 0.25) is 0 Å². The number of para-hydroxylation sites is 1. The third-order valence-electron chi connectivity index (χ3n) is 2.79. The van der Waals surface area contributed by atoms with E-state index in [-0.39, 0.29) is 16.0 Å². The summed E-state index contributed by atoms with van der Waals surface area (Å²) in [5, 5.41) is 11.0. The van der Waals surface area contributed by atoms with E-state index in [4.69, 9.17) is 11.6 Å². The Hall–Kier alpha value is -0.740. The minimum atomic E-state index is -0.319. The number of hydrogen-bond acceptors (Lipinski definition) is 3. The van der Waals surface area contributed by atoms with Crippen LogP contribution in [0.3, 0.4) is 0 Å². The summed E-state index contributed by atoms with van der Waals surface area (Å²) < 4.78 is 0. The molecule has 1 aromatic carbocycles. The molecule has 5 heteroatoms. The molecule has 16 heavy (non-hydrogen) atoms. The van der Waals surface area contributed by atoms with Gasteiger partial charge in [-0.05, 0) is 18.1 Å². The van der Waals surface area contributed by atoms with Gasteiger partial charge in [0, 0.05) is 22.8 Å². The Morgan fingerprint density at radius 2 is 2.19 bits per heavy atom. The summed E-state index contributed by atoms with van der Waals surface area (Å²) in [7, 11) is 0. The largest absolute Gasteiger partial charge is 0.272 e. The lowest BCUT2D eigenvalue weighted by Gasteiger charge is -2.12. The Morgan fingerprint density at radius 3 is 2.81 bits per heavy atom. The minimum absolute atomic E-state index is 0.143. The Balaban J connectivity index is 2.17. The fourth-order valence-electron chi connectivity index (χ4n) is 1.90. The van der Waals surface area contributed by atoms with E-state index in [2.05, 4.69) is 0 Å². The molecule has 0 aromatic heterocycles. The van der Waals surface area contributed by atoms with Gasteiger partial charge in [0.15, 0.2) is 0 Å². The van der Waals surface area contributed by atoms with Crippen LogP contribution >= 0.6 is 23.4 Å². The van der Waals surface area contributed by atoms with Gasteiger partial charge in [0.2, 0.25) is 0 Å². The quantitative estimate of drug-likeness (QED) is 0.475. The summed E-state index contributed by atoms with van der Waals surface area (Å²) in [5.41, 5.74) is 1.01. The smallest absolute Gasteiger partial charge is 0.258 e. The molecule has 0 N–H and O–H groups in total. The normalized spacial score (nSPS) is 24.6. The van der Waals surface area contributed by atoms with Gasteiger partial charge >= 0.3 is 0 Å². The SMILES string of the molecule is O=[N+]([O-])c1ccccc1CC1CSCC1Cl. The second kappa shape index (κ2) is 5.06. The van der Waals surface area contributed by atoms with Crippen LogP contribution in [-0.2, 0) is 6.42 Å². The number of nitro groups is 1. The fourth-order valence-corrected chi connectivity index (χ4v) is 3.74. The molecular formula is C11H12ClNO2S. The number of benzene rings is 1. The van der Waals surface area contributed by atoms with Gasteiger partial charge in [0.1, 0.15) is 0 Å². The molecule has 2 atom stereocenters. The van der Waals surface area contributed by atoms with Crippen molar-refractivity contribution in [1.29, 1.82) is 0 Å². The molecule has 0 spiro atoms. The van der Waals surface area contributed by atoms with Crippen molar-refractivity contribution in [2.24, 2.45) is 5.92 Å². The van der Waals surface area contributed by atoms with Gasteiger partial charge in [-0.3, -0.25) is 10.1 Å². The average molecular weight is 258 g/mol. The number of thioether (sulfide) groups is 1. The standard InChI is InChI=1S/C11H12ClNO2S/c12-10-7-16-6-9(10)5-8-3-1-2-4-11(8)13(14)15/h1-4,9-10H,5-7H2. The molecule has 3 nitrogen and oxygen atoms in total. The van der Waals surface area contributed by atoms with E-state index in [0.717, 1.165) is 17.1 Å². The first kappa shape index (κ1) is 11.7. The molecule has 1 aliphatic rings. The molecule has 0 amide bonds. The molecule has 1 aromatic rings. The maximum atomic E-state index is 10.8. The van der Waals surface area contributed by atoms with Gasteiger partial charge in [0.05, 0.1) is 4.92 Å². The Bertz CT molecular complexity index is 399. The van der Waals surface area contributed by atoms with E-state index >= 15 is 0 Å². The van der Waals surface area contributed by atoms with Crippen LogP contribution in [0.4, 0.5) is 5.69 Å². The summed E-state index contributed by atoms with van der Waals surface area (Å²) in [6.07, 6.45) is 0.707. The molecule has 0 aliphatic carbocycles. The number of rotatable bonds is 3. The summed E-state index contributed by atoms with van der Waals surface area (Å²) >= 11 is 7.99. The summed E-state index contributed by atoms with van der Waals surface area (Å²) in [4.78, 5) is 10.5. The molecule has 0 bridgehead atoms. The monoisotopic (exact) mass is 257 g/mol. The third kappa shape index (κ3) is 2.50. The summed E-state index contributed by atoms with van der Waals surface area (Å²) in [6.45, 7) is 0. The first-order chi connectivity index (χ1) is 7.68. The fraction of sp³-hybridized carbons (Fsp3) is 0.455. The average Bonchev–Trinajstić information content (AvgIpc) is 2.65. The van der Waals surface area contributed by atoms with Crippen molar-refractivity contribution in [2.45, 2.75) is 11.8 Å². The van der Waals surface area contributed by atoms with Crippen LogP contribution < -0.4 is 0 Å². The van der Waals surface area contributed by atoms with Gasteiger partial charge in [-0.2, -0.15) is 11.8 Å². The van der Waals surface area contributed by atoms with Crippen LogP contribution in [0.1, 0.15) is 5.56 Å². The van der Waals surface area contributed by atoms with Crippen LogP contribution in [0.5, 0.6) is 0 Å². The molecule has 2 rings (SSSR count). The van der Waals surface area contributed by atoms with E-state index in [1.807, 2.05) is 23.9 Å². The molecule has 1 heterocycles. The highest BCUT2D eigenvalue weighted by molar-refractivity contribution is 7.99. The van der Waals surface area contributed by atoms with Crippen molar-refractivity contribution >= 4 is 29.1 Å². The Kier molecular flexibility index (Phi) is 3.71.